The van der Waals surface area contributed by atoms with Gasteiger partial charge in [0.25, 0.3) is 0 Å². The Morgan fingerprint density at radius 1 is 1.12 bits per heavy atom. The number of nitrogens with two attached hydrogens (primary N) is 1. The van der Waals surface area contributed by atoms with Crippen LogP contribution in [0.5, 0.6) is 0 Å². The lowest BCUT2D eigenvalue weighted by Crippen LogP contribution is -2.34. The number of rotatable bonds is 4. The first kappa shape index (κ1) is 15.6. The van der Waals surface area contributed by atoms with E-state index in [0.717, 1.165) is 38.3 Å². The highest BCUT2D eigenvalue weighted by molar-refractivity contribution is 5.39. The minimum Gasteiger partial charge on any atom is -0.384 e. The van der Waals surface area contributed by atoms with Crippen molar-refractivity contribution in [2.75, 3.05) is 23.7 Å². The topological polar surface area (TPSA) is 83.7 Å². The van der Waals surface area contributed by atoms with Crippen LogP contribution in [-0.4, -0.2) is 33.3 Å². The first-order valence-electron chi connectivity index (χ1n) is 8.69. The van der Waals surface area contributed by atoms with Gasteiger partial charge in [-0.15, -0.1) is 0 Å². The summed E-state index contributed by atoms with van der Waals surface area (Å²) >= 11 is 0. The van der Waals surface area contributed by atoms with Gasteiger partial charge in [-0.2, -0.15) is 10.1 Å². The third-order valence-corrected chi connectivity index (χ3v) is 4.84. The largest absolute Gasteiger partial charge is 0.384 e. The van der Waals surface area contributed by atoms with Crippen LogP contribution >= 0.6 is 0 Å². The van der Waals surface area contributed by atoms with E-state index < -0.39 is 0 Å². The summed E-state index contributed by atoms with van der Waals surface area (Å²) < 4.78 is 0. The van der Waals surface area contributed by atoms with Crippen LogP contribution in [0, 0.1) is 0 Å². The molecule has 1 aromatic carbocycles. The number of nitrogens with zero attached hydrogens (tertiary/aromatic N) is 4. The average molecular weight is 334 g/mol. The fourth-order valence-electron chi connectivity index (χ4n) is 3.51. The molecule has 6 nitrogen and oxygen atoms in total. The molecule has 3 aromatic rings. The van der Waals surface area contributed by atoms with Crippen molar-refractivity contribution in [2.45, 2.75) is 25.2 Å². The molecule has 1 aliphatic rings. The third kappa shape index (κ3) is 3.47. The van der Waals surface area contributed by atoms with Gasteiger partial charge in [0.05, 0.1) is 6.20 Å². The van der Waals surface area contributed by atoms with E-state index in [0.29, 0.717) is 11.7 Å². The summed E-state index contributed by atoms with van der Waals surface area (Å²) in [5, 5.41) is 7.54. The van der Waals surface area contributed by atoms with Crippen LogP contribution in [0.2, 0.25) is 0 Å². The molecule has 0 spiro atoms. The molecule has 128 valence electrons. The lowest BCUT2D eigenvalue weighted by atomic mass is 9.90. The molecule has 0 atom stereocenters. The van der Waals surface area contributed by atoms with Crippen LogP contribution in [0.4, 0.5) is 11.8 Å². The minimum atomic E-state index is 0.499. The van der Waals surface area contributed by atoms with Gasteiger partial charge in [0.2, 0.25) is 5.95 Å². The van der Waals surface area contributed by atoms with Crippen molar-refractivity contribution in [3.05, 3.63) is 65.6 Å². The molecule has 1 aliphatic heterocycles. The van der Waals surface area contributed by atoms with Gasteiger partial charge in [-0.3, -0.25) is 5.10 Å². The maximum atomic E-state index is 5.77. The molecule has 4 rings (SSSR count). The minimum absolute atomic E-state index is 0.499. The Balaban J connectivity index is 1.44. The summed E-state index contributed by atoms with van der Waals surface area (Å²) in [6.07, 6.45) is 6.72. The molecular formula is C19H22N6. The molecule has 0 unspecified atom stereocenters. The van der Waals surface area contributed by atoms with Crippen LogP contribution in [0.25, 0.3) is 0 Å². The summed E-state index contributed by atoms with van der Waals surface area (Å²) in [7, 11) is 0. The van der Waals surface area contributed by atoms with Gasteiger partial charge in [0, 0.05) is 37.3 Å². The van der Waals surface area contributed by atoms with Gasteiger partial charge in [0.15, 0.2) is 0 Å². The molecule has 1 fully saturated rings. The molecule has 6 heteroatoms. The van der Waals surface area contributed by atoms with E-state index in [2.05, 4.69) is 49.3 Å². The molecule has 1 saturated heterocycles. The summed E-state index contributed by atoms with van der Waals surface area (Å²) in [6.45, 7) is 1.86. The number of aromatic nitrogens is 4. The second kappa shape index (κ2) is 6.93. The third-order valence-electron chi connectivity index (χ3n) is 4.84. The fourth-order valence-corrected chi connectivity index (χ4v) is 3.51. The van der Waals surface area contributed by atoms with Crippen molar-refractivity contribution in [1.82, 2.24) is 20.2 Å². The van der Waals surface area contributed by atoms with E-state index in [-0.39, 0.29) is 0 Å². The Bertz CT molecular complexity index is 821. The Kier molecular flexibility index (Phi) is 4.33. The quantitative estimate of drug-likeness (QED) is 0.766. The predicted octanol–water partition coefficient (Wildman–Crippen LogP) is 2.76. The highest BCUT2D eigenvalue weighted by Gasteiger charge is 2.25. The molecule has 0 amide bonds. The Morgan fingerprint density at radius 3 is 2.68 bits per heavy atom. The average Bonchev–Trinajstić information content (AvgIpc) is 3.11. The standard InChI is InChI=1S/C19H22N6/c20-17-6-9-21-19(23-17)25-10-7-15(8-11-25)18-16(13-22-24-18)12-14-4-2-1-3-5-14/h1-6,9,13,15H,7-8,10-12H2,(H,22,24)(H2,20,21,23). The number of H-pyrrole nitrogens is 1. The molecule has 0 radical (unpaired) electrons. The van der Waals surface area contributed by atoms with Crippen LogP contribution in [0.1, 0.15) is 35.6 Å². The van der Waals surface area contributed by atoms with Crippen LogP contribution in [-0.2, 0) is 6.42 Å². The number of benzene rings is 1. The van der Waals surface area contributed by atoms with Crippen molar-refractivity contribution in [1.29, 1.82) is 0 Å². The molecule has 2 aromatic heterocycles. The van der Waals surface area contributed by atoms with Crippen molar-refractivity contribution in [3.8, 4) is 0 Å². The normalized spacial score (nSPS) is 15.4. The second-order valence-electron chi connectivity index (χ2n) is 6.51. The number of hydrogen-bond acceptors (Lipinski definition) is 5. The SMILES string of the molecule is Nc1ccnc(N2CCC(c3[nH]ncc3Cc3ccccc3)CC2)n1. The van der Waals surface area contributed by atoms with Gasteiger partial charge >= 0.3 is 0 Å². The van der Waals surface area contributed by atoms with E-state index in [1.54, 1.807) is 12.3 Å². The van der Waals surface area contributed by atoms with E-state index in [4.69, 9.17) is 5.73 Å². The molecule has 25 heavy (non-hydrogen) atoms. The van der Waals surface area contributed by atoms with E-state index in [9.17, 15) is 0 Å². The van der Waals surface area contributed by atoms with Gasteiger partial charge in [-0.05, 0) is 30.0 Å². The number of nitrogen functional groups attached to an aromatic ring is 1. The maximum absolute atomic E-state index is 5.77. The fraction of sp³-hybridized carbons (Fsp3) is 0.316. The summed E-state index contributed by atoms with van der Waals surface area (Å²) in [5.41, 5.74) is 9.66. The number of aromatic amines is 1. The Morgan fingerprint density at radius 2 is 1.92 bits per heavy atom. The lowest BCUT2D eigenvalue weighted by Gasteiger charge is -2.32. The summed E-state index contributed by atoms with van der Waals surface area (Å²) in [4.78, 5) is 10.9. The first-order valence-corrected chi connectivity index (χ1v) is 8.69. The maximum Gasteiger partial charge on any atom is 0.227 e. The monoisotopic (exact) mass is 334 g/mol. The van der Waals surface area contributed by atoms with Gasteiger partial charge in [-0.25, -0.2) is 4.98 Å². The first-order chi connectivity index (χ1) is 12.3. The predicted molar refractivity (Wildman–Crippen MR) is 98.5 cm³/mol. The summed E-state index contributed by atoms with van der Waals surface area (Å²) in [5.74, 6) is 1.75. The van der Waals surface area contributed by atoms with Gasteiger partial charge in [-0.1, -0.05) is 30.3 Å². The molecule has 0 aliphatic carbocycles. The Hall–Kier alpha value is -2.89. The van der Waals surface area contributed by atoms with Gasteiger partial charge in [0.1, 0.15) is 5.82 Å². The van der Waals surface area contributed by atoms with Crippen molar-refractivity contribution in [3.63, 3.8) is 0 Å². The molecular weight excluding hydrogens is 312 g/mol. The second-order valence-corrected chi connectivity index (χ2v) is 6.51. The van der Waals surface area contributed by atoms with Crippen molar-refractivity contribution < 1.29 is 0 Å². The zero-order valence-corrected chi connectivity index (χ0v) is 14.1. The van der Waals surface area contributed by atoms with Crippen LogP contribution in [0.3, 0.4) is 0 Å². The van der Waals surface area contributed by atoms with Gasteiger partial charge < -0.3 is 10.6 Å². The van der Waals surface area contributed by atoms with E-state index in [1.807, 2.05) is 12.3 Å². The zero-order chi connectivity index (χ0) is 17.1. The van der Waals surface area contributed by atoms with Crippen molar-refractivity contribution >= 4 is 11.8 Å². The molecule has 0 saturated carbocycles. The molecule has 0 bridgehead atoms. The molecule has 3 N–H and O–H groups in total. The van der Waals surface area contributed by atoms with Crippen LogP contribution in [0.15, 0.2) is 48.8 Å². The number of hydrogen-bond donors (Lipinski definition) is 2. The van der Waals surface area contributed by atoms with E-state index in [1.165, 1.54) is 16.8 Å². The smallest absolute Gasteiger partial charge is 0.227 e. The number of nitrogens with one attached hydrogen (secondary N) is 1. The number of piperidine rings is 1. The highest BCUT2D eigenvalue weighted by Crippen LogP contribution is 2.31. The Labute approximate surface area is 147 Å². The molecule has 3 heterocycles. The lowest BCUT2D eigenvalue weighted by molar-refractivity contribution is 0.488. The summed E-state index contributed by atoms with van der Waals surface area (Å²) in [6, 6.07) is 12.3. The number of anilines is 2. The highest BCUT2D eigenvalue weighted by atomic mass is 15.3. The van der Waals surface area contributed by atoms with E-state index >= 15 is 0 Å². The zero-order valence-electron chi connectivity index (χ0n) is 14.1. The van der Waals surface area contributed by atoms with Crippen molar-refractivity contribution in [2.24, 2.45) is 0 Å². The van der Waals surface area contributed by atoms with Crippen LogP contribution < -0.4 is 10.6 Å².